The minimum Gasteiger partial charge on any atom is -0.339 e. The fourth-order valence-electron chi connectivity index (χ4n) is 3.67. The molecule has 0 atom stereocenters. The van der Waals surface area contributed by atoms with Crippen molar-refractivity contribution in [2.75, 3.05) is 13.1 Å². The normalized spacial score (nSPS) is 15.4. The van der Waals surface area contributed by atoms with E-state index in [0.29, 0.717) is 30.4 Å². The second-order valence-electron chi connectivity index (χ2n) is 7.44. The molecule has 0 radical (unpaired) electrons. The zero-order chi connectivity index (χ0) is 21.3. The topological polar surface area (TPSA) is 97.5 Å². The molecule has 0 spiro atoms. The number of amides is 1. The van der Waals surface area contributed by atoms with Crippen LogP contribution in [0.25, 0.3) is 0 Å². The predicted molar refractivity (Wildman–Crippen MR) is 114 cm³/mol. The van der Waals surface area contributed by atoms with Crippen molar-refractivity contribution in [3.05, 3.63) is 63.1 Å². The molecule has 154 valence electrons. The molecule has 2 aromatic carbocycles. The molecular formula is C21H23BrN2O4S. The molecule has 2 aromatic rings. The van der Waals surface area contributed by atoms with Crippen molar-refractivity contribution in [2.45, 2.75) is 31.6 Å². The lowest BCUT2D eigenvalue weighted by atomic mass is 9.87. The van der Waals surface area contributed by atoms with Crippen molar-refractivity contribution in [1.29, 1.82) is 0 Å². The van der Waals surface area contributed by atoms with Gasteiger partial charge in [0.25, 0.3) is 5.91 Å². The average molecular weight is 479 g/mol. The molecule has 6 nitrogen and oxygen atoms in total. The summed E-state index contributed by atoms with van der Waals surface area (Å²) in [5.41, 5.74) is 3.07. The van der Waals surface area contributed by atoms with Gasteiger partial charge in [-0.1, -0.05) is 23.8 Å². The summed E-state index contributed by atoms with van der Waals surface area (Å²) in [5, 5.41) is 5.18. The maximum Gasteiger partial charge on any atom is 0.255 e. The molecule has 29 heavy (non-hydrogen) atoms. The van der Waals surface area contributed by atoms with Gasteiger partial charge in [0.2, 0.25) is 10.0 Å². The van der Waals surface area contributed by atoms with Crippen LogP contribution in [-0.4, -0.2) is 38.1 Å². The molecule has 0 aliphatic carbocycles. The van der Waals surface area contributed by atoms with Gasteiger partial charge in [-0.05, 0) is 66.4 Å². The zero-order valence-electron chi connectivity index (χ0n) is 16.3. The Morgan fingerprint density at radius 3 is 2.28 bits per heavy atom. The zero-order valence-corrected chi connectivity index (χ0v) is 18.7. The molecule has 0 unspecified atom stereocenters. The Balaban J connectivity index is 1.72. The number of rotatable bonds is 4. The Morgan fingerprint density at radius 1 is 1.03 bits per heavy atom. The van der Waals surface area contributed by atoms with Gasteiger partial charge in [0.05, 0.1) is 10.5 Å². The summed E-state index contributed by atoms with van der Waals surface area (Å²) in [6, 6.07) is 9.96. The molecule has 1 amide bonds. The van der Waals surface area contributed by atoms with Crippen LogP contribution in [0.3, 0.4) is 0 Å². The number of piperidine rings is 1. The number of halogens is 1. The van der Waals surface area contributed by atoms with E-state index in [1.54, 1.807) is 4.90 Å². The van der Waals surface area contributed by atoms with Crippen LogP contribution < -0.4 is 5.14 Å². The van der Waals surface area contributed by atoms with Crippen LogP contribution in [0.5, 0.6) is 0 Å². The molecule has 2 N–H and O–H groups in total. The number of likely N-dealkylation sites (tertiary alicyclic amines) is 1. The lowest BCUT2D eigenvalue weighted by Crippen LogP contribution is -2.40. The van der Waals surface area contributed by atoms with Crippen molar-refractivity contribution in [1.82, 2.24) is 4.90 Å². The number of carbonyl (C=O) groups is 2. The highest BCUT2D eigenvalue weighted by Crippen LogP contribution is 2.27. The van der Waals surface area contributed by atoms with E-state index in [1.165, 1.54) is 18.2 Å². The Hall–Kier alpha value is -2.03. The second-order valence-corrected chi connectivity index (χ2v) is 9.85. The van der Waals surface area contributed by atoms with E-state index in [1.807, 2.05) is 32.0 Å². The van der Waals surface area contributed by atoms with Gasteiger partial charge in [0, 0.05) is 29.0 Å². The number of sulfonamides is 1. The highest BCUT2D eigenvalue weighted by molar-refractivity contribution is 9.10. The number of carbonyl (C=O) groups excluding carboxylic acids is 2. The molecule has 0 bridgehead atoms. The first-order chi connectivity index (χ1) is 13.6. The summed E-state index contributed by atoms with van der Waals surface area (Å²) in [5.74, 6) is -0.286. The summed E-state index contributed by atoms with van der Waals surface area (Å²) in [4.78, 5) is 27.4. The van der Waals surface area contributed by atoms with Crippen LogP contribution in [0.1, 0.15) is 44.7 Å². The number of hydrogen-bond acceptors (Lipinski definition) is 4. The van der Waals surface area contributed by atoms with Crippen LogP contribution in [0, 0.1) is 19.8 Å². The number of benzene rings is 2. The molecule has 3 rings (SSSR count). The van der Waals surface area contributed by atoms with Crippen molar-refractivity contribution in [2.24, 2.45) is 11.1 Å². The first kappa shape index (κ1) is 21.7. The van der Waals surface area contributed by atoms with Crippen LogP contribution in [0.4, 0.5) is 0 Å². The maximum absolute atomic E-state index is 12.9. The van der Waals surface area contributed by atoms with Gasteiger partial charge in [-0.2, -0.15) is 0 Å². The first-order valence-corrected chi connectivity index (χ1v) is 11.6. The van der Waals surface area contributed by atoms with Gasteiger partial charge >= 0.3 is 0 Å². The molecule has 1 heterocycles. The first-order valence-electron chi connectivity index (χ1n) is 9.31. The molecule has 1 fully saturated rings. The third-order valence-electron chi connectivity index (χ3n) is 5.30. The number of nitrogens with zero attached hydrogens (tertiary/aromatic N) is 1. The third-order valence-corrected chi connectivity index (χ3v) is 6.90. The quantitative estimate of drug-likeness (QED) is 0.680. The number of ketones is 1. The Morgan fingerprint density at radius 2 is 1.69 bits per heavy atom. The van der Waals surface area contributed by atoms with E-state index in [4.69, 9.17) is 5.14 Å². The highest BCUT2D eigenvalue weighted by atomic mass is 79.9. The van der Waals surface area contributed by atoms with Gasteiger partial charge in [0.15, 0.2) is 5.78 Å². The summed E-state index contributed by atoms with van der Waals surface area (Å²) in [7, 11) is -3.90. The molecule has 1 saturated heterocycles. The van der Waals surface area contributed by atoms with E-state index in [9.17, 15) is 18.0 Å². The summed E-state index contributed by atoms with van der Waals surface area (Å²) in [6.45, 7) is 4.81. The highest BCUT2D eigenvalue weighted by Gasteiger charge is 2.30. The summed E-state index contributed by atoms with van der Waals surface area (Å²) >= 11 is 3.31. The minimum atomic E-state index is -3.90. The van der Waals surface area contributed by atoms with Crippen LogP contribution in [-0.2, 0) is 10.0 Å². The lowest BCUT2D eigenvalue weighted by molar-refractivity contribution is 0.0649. The molecule has 0 saturated carbocycles. The molecule has 0 aromatic heterocycles. The lowest BCUT2D eigenvalue weighted by Gasteiger charge is -2.32. The maximum atomic E-state index is 12.9. The minimum absolute atomic E-state index is 0.107. The van der Waals surface area contributed by atoms with Gasteiger partial charge in [-0.25, -0.2) is 13.6 Å². The van der Waals surface area contributed by atoms with E-state index in [-0.39, 0.29) is 28.1 Å². The number of nitrogens with two attached hydrogens (primary N) is 1. The second kappa shape index (κ2) is 8.38. The molecule has 8 heteroatoms. The molecular weight excluding hydrogens is 456 g/mol. The number of primary sulfonamides is 1. The van der Waals surface area contributed by atoms with Crippen LogP contribution in [0.15, 0.2) is 45.8 Å². The van der Waals surface area contributed by atoms with E-state index in [2.05, 4.69) is 15.9 Å². The van der Waals surface area contributed by atoms with Crippen LogP contribution >= 0.6 is 15.9 Å². The Kier molecular flexibility index (Phi) is 6.26. The molecule has 1 aliphatic rings. The van der Waals surface area contributed by atoms with Gasteiger partial charge in [-0.3, -0.25) is 9.59 Å². The predicted octanol–water partition coefficient (Wildman–Crippen LogP) is 3.45. The average Bonchev–Trinajstić information content (AvgIpc) is 2.66. The fourth-order valence-corrected chi connectivity index (χ4v) is 4.63. The van der Waals surface area contributed by atoms with Crippen molar-refractivity contribution >= 4 is 37.6 Å². The largest absolute Gasteiger partial charge is 0.339 e. The van der Waals surface area contributed by atoms with Crippen LogP contribution in [0.2, 0.25) is 0 Å². The number of aryl methyl sites for hydroxylation is 2. The van der Waals surface area contributed by atoms with Crippen molar-refractivity contribution < 1.29 is 18.0 Å². The van der Waals surface area contributed by atoms with E-state index < -0.39 is 10.0 Å². The molecule has 1 aliphatic heterocycles. The SMILES string of the molecule is Cc1ccc(C(=O)C2CCN(C(=O)c3cc(S(N)(=O)=O)ccc3Br)CC2)c(C)c1. The third kappa shape index (κ3) is 4.76. The monoisotopic (exact) mass is 478 g/mol. The number of Topliss-reactive ketones (excluding diaryl/α,β-unsaturated/α-hetero) is 1. The van der Waals surface area contributed by atoms with Gasteiger partial charge < -0.3 is 4.90 Å². The smallest absolute Gasteiger partial charge is 0.255 e. The van der Waals surface area contributed by atoms with Crippen molar-refractivity contribution in [3.63, 3.8) is 0 Å². The Bertz CT molecular complexity index is 1070. The number of hydrogen-bond donors (Lipinski definition) is 1. The van der Waals surface area contributed by atoms with E-state index in [0.717, 1.165) is 16.7 Å². The van der Waals surface area contributed by atoms with E-state index >= 15 is 0 Å². The summed E-state index contributed by atoms with van der Waals surface area (Å²) in [6.07, 6.45) is 1.15. The Labute approximate surface area is 179 Å². The standard InChI is InChI=1S/C21H23BrN2O4S/c1-13-3-5-17(14(2)11-13)20(25)15-7-9-24(10-8-15)21(26)18-12-16(29(23,27)28)4-6-19(18)22/h3-6,11-12,15H,7-10H2,1-2H3,(H2,23,27,28). The van der Waals surface area contributed by atoms with Gasteiger partial charge in [0.1, 0.15) is 0 Å². The van der Waals surface area contributed by atoms with Crippen molar-refractivity contribution in [3.8, 4) is 0 Å². The fraction of sp³-hybridized carbons (Fsp3) is 0.333. The summed E-state index contributed by atoms with van der Waals surface area (Å²) < 4.78 is 23.7. The van der Waals surface area contributed by atoms with Gasteiger partial charge in [-0.15, -0.1) is 0 Å².